The molecule has 1 atom stereocenters. The van der Waals surface area contributed by atoms with E-state index in [1.54, 1.807) is 0 Å². The quantitative estimate of drug-likeness (QED) is 0.602. The zero-order chi connectivity index (χ0) is 21.2. The van der Waals surface area contributed by atoms with Crippen molar-refractivity contribution in [2.24, 2.45) is 5.92 Å². The largest absolute Gasteiger partial charge is 0.383 e. The van der Waals surface area contributed by atoms with E-state index in [1.165, 1.54) is 26.0 Å². The minimum atomic E-state index is -0.462. The van der Waals surface area contributed by atoms with Crippen LogP contribution in [-0.4, -0.2) is 63.3 Å². The fourth-order valence-electron chi connectivity index (χ4n) is 2.47. The Hall–Kier alpha value is -2.79. The summed E-state index contributed by atoms with van der Waals surface area (Å²) in [5.74, 6) is -0.775. The minimum absolute atomic E-state index is 0.0236. The molecule has 0 bridgehead atoms. The molecule has 0 aliphatic rings. The maximum atomic E-state index is 12.8. The molecule has 0 unspecified atom stereocenters. The third-order valence-electron chi connectivity index (χ3n) is 3.91. The minimum Gasteiger partial charge on any atom is -0.383 e. The second-order valence-electron chi connectivity index (χ2n) is 6.19. The van der Waals surface area contributed by atoms with Crippen LogP contribution in [0.5, 0.6) is 0 Å². The van der Waals surface area contributed by atoms with Crippen molar-refractivity contribution in [1.29, 1.82) is 0 Å². The molecule has 1 N–H and O–H groups in total. The molecule has 0 spiro atoms. The molecule has 0 saturated carbocycles. The lowest BCUT2D eigenvalue weighted by molar-refractivity contribution is -0.119. The standard InChI is InChI=1S/C18H24N6O4S/c1-13(25)23(9-10-28-3)24-21-18(20-22-24)19-17(27)16(12-29-14(2)26)11-15-7-5-4-6-8-15/h4-8,16H,9-12H2,1-3H3,(H,19,21,27)/t16-/m1/s1. The number of thioether (sulfide) groups is 1. The second-order valence-corrected chi connectivity index (χ2v) is 7.39. The number of aromatic nitrogens is 4. The normalized spacial score (nSPS) is 11.7. The average Bonchev–Trinajstić information content (AvgIpc) is 3.13. The summed E-state index contributed by atoms with van der Waals surface area (Å²) in [6.07, 6.45) is 0.467. The number of benzene rings is 1. The lowest BCUT2D eigenvalue weighted by atomic mass is 10.0. The van der Waals surface area contributed by atoms with Gasteiger partial charge in [0.25, 0.3) is 5.95 Å². The highest BCUT2D eigenvalue weighted by atomic mass is 32.2. The summed E-state index contributed by atoms with van der Waals surface area (Å²) in [5.41, 5.74) is 0.982. The van der Waals surface area contributed by atoms with E-state index in [0.717, 1.165) is 22.2 Å². The first-order valence-electron chi connectivity index (χ1n) is 8.96. The predicted molar refractivity (Wildman–Crippen MR) is 109 cm³/mol. The van der Waals surface area contributed by atoms with Gasteiger partial charge in [-0.3, -0.25) is 19.7 Å². The van der Waals surface area contributed by atoms with Crippen molar-refractivity contribution in [1.82, 2.24) is 20.3 Å². The number of carbonyl (C=O) groups is 3. The Morgan fingerprint density at radius 1 is 1.24 bits per heavy atom. The monoisotopic (exact) mass is 420 g/mol. The van der Waals surface area contributed by atoms with Crippen molar-refractivity contribution in [3.8, 4) is 0 Å². The number of hydrogen-bond acceptors (Lipinski definition) is 8. The second kappa shape index (κ2) is 11.3. The van der Waals surface area contributed by atoms with Gasteiger partial charge >= 0.3 is 0 Å². The van der Waals surface area contributed by atoms with Crippen LogP contribution in [0.3, 0.4) is 0 Å². The highest BCUT2D eigenvalue weighted by Gasteiger charge is 2.22. The molecule has 29 heavy (non-hydrogen) atoms. The van der Waals surface area contributed by atoms with E-state index < -0.39 is 5.92 Å². The van der Waals surface area contributed by atoms with E-state index in [0.29, 0.717) is 18.8 Å². The van der Waals surface area contributed by atoms with Crippen LogP contribution in [0.2, 0.25) is 0 Å². The number of nitrogens with zero attached hydrogens (tertiary/aromatic N) is 5. The Balaban J connectivity index is 2.08. The van der Waals surface area contributed by atoms with Crippen LogP contribution in [0, 0.1) is 5.92 Å². The lowest BCUT2D eigenvalue weighted by Crippen LogP contribution is -2.43. The van der Waals surface area contributed by atoms with Gasteiger partial charge in [0.1, 0.15) is 0 Å². The first kappa shape index (κ1) is 22.5. The smallest absolute Gasteiger partial charge is 0.272 e. The number of amides is 2. The van der Waals surface area contributed by atoms with E-state index in [-0.39, 0.29) is 29.4 Å². The van der Waals surface area contributed by atoms with Crippen LogP contribution in [-0.2, 0) is 25.5 Å². The molecule has 0 saturated heterocycles. The summed E-state index contributed by atoms with van der Waals surface area (Å²) in [4.78, 5) is 36.9. The lowest BCUT2D eigenvalue weighted by Gasteiger charge is -2.17. The Labute approximate surface area is 172 Å². The van der Waals surface area contributed by atoms with Crippen molar-refractivity contribution in [3.63, 3.8) is 0 Å². The van der Waals surface area contributed by atoms with Gasteiger partial charge in [0.05, 0.1) is 19.1 Å². The van der Waals surface area contributed by atoms with E-state index in [9.17, 15) is 14.4 Å². The SMILES string of the molecule is COCCN(C(C)=O)n1nnc(NC(=O)[C@@H](CSC(C)=O)Cc2ccccc2)n1. The molecule has 2 amide bonds. The molecular weight excluding hydrogens is 396 g/mol. The highest BCUT2D eigenvalue weighted by Crippen LogP contribution is 2.17. The maximum Gasteiger partial charge on any atom is 0.272 e. The van der Waals surface area contributed by atoms with E-state index in [2.05, 4.69) is 20.7 Å². The van der Waals surface area contributed by atoms with Crippen LogP contribution < -0.4 is 10.3 Å². The molecule has 0 aliphatic heterocycles. The highest BCUT2D eigenvalue weighted by molar-refractivity contribution is 8.13. The van der Waals surface area contributed by atoms with Gasteiger partial charge in [-0.05, 0) is 17.2 Å². The number of methoxy groups -OCH3 is 1. The van der Waals surface area contributed by atoms with Gasteiger partial charge in [0.15, 0.2) is 5.12 Å². The number of rotatable bonds is 10. The summed E-state index contributed by atoms with van der Waals surface area (Å²) >= 11 is 1.09. The van der Waals surface area contributed by atoms with Crippen molar-refractivity contribution >= 4 is 34.6 Å². The first-order chi connectivity index (χ1) is 13.9. The van der Waals surface area contributed by atoms with Gasteiger partial charge in [-0.25, -0.2) is 5.01 Å². The Kier molecular flexibility index (Phi) is 8.74. The fraction of sp³-hybridized carbons (Fsp3) is 0.444. The zero-order valence-corrected chi connectivity index (χ0v) is 17.4. The number of carbonyl (C=O) groups excluding carboxylic acids is 3. The molecule has 1 aromatic carbocycles. The Bertz CT molecular complexity index is 829. The van der Waals surface area contributed by atoms with Crippen LogP contribution >= 0.6 is 11.8 Å². The van der Waals surface area contributed by atoms with Gasteiger partial charge in [-0.2, -0.15) is 0 Å². The molecule has 10 nitrogen and oxygen atoms in total. The number of hydrogen-bond donors (Lipinski definition) is 1. The first-order valence-corrected chi connectivity index (χ1v) is 9.94. The van der Waals surface area contributed by atoms with Crippen molar-refractivity contribution < 1.29 is 19.1 Å². The average molecular weight is 420 g/mol. The van der Waals surface area contributed by atoms with Gasteiger partial charge in [-0.15, -0.1) is 0 Å². The molecule has 156 valence electrons. The molecule has 0 radical (unpaired) electrons. The maximum absolute atomic E-state index is 12.8. The summed E-state index contributed by atoms with van der Waals surface area (Å²) in [7, 11) is 1.52. The summed E-state index contributed by atoms with van der Waals surface area (Å²) in [6, 6.07) is 9.54. The number of anilines is 1. The molecule has 0 fully saturated rings. The van der Waals surface area contributed by atoms with E-state index in [4.69, 9.17) is 4.74 Å². The third-order valence-corrected chi connectivity index (χ3v) is 4.88. The van der Waals surface area contributed by atoms with E-state index >= 15 is 0 Å². The van der Waals surface area contributed by atoms with Gasteiger partial charge in [0, 0.05) is 26.7 Å². The van der Waals surface area contributed by atoms with E-state index in [1.807, 2.05) is 30.3 Å². The summed E-state index contributed by atoms with van der Waals surface area (Å²) in [6.45, 7) is 3.36. The van der Waals surface area contributed by atoms with Crippen molar-refractivity contribution in [2.75, 3.05) is 36.3 Å². The molecular formula is C18H24N6O4S. The Morgan fingerprint density at radius 3 is 2.59 bits per heavy atom. The van der Waals surface area contributed by atoms with Crippen molar-refractivity contribution in [3.05, 3.63) is 35.9 Å². The topological polar surface area (TPSA) is 119 Å². The molecule has 0 aliphatic carbocycles. The van der Waals surface area contributed by atoms with Crippen LogP contribution in [0.4, 0.5) is 5.95 Å². The summed E-state index contributed by atoms with van der Waals surface area (Å²) in [5, 5.41) is 15.4. The predicted octanol–water partition coefficient (Wildman–Crippen LogP) is 0.881. The van der Waals surface area contributed by atoms with Crippen LogP contribution in [0.1, 0.15) is 19.4 Å². The summed E-state index contributed by atoms with van der Waals surface area (Å²) < 4.78 is 4.97. The zero-order valence-electron chi connectivity index (χ0n) is 16.6. The van der Waals surface area contributed by atoms with Gasteiger partial charge < -0.3 is 4.74 Å². The molecule has 2 aromatic rings. The molecule has 11 heteroatoms. The van der Waals surface area contributed by atoms with Gasteiger partial charge in [0.2, 0.25) is 11.8 Å². The Morgan fingerprint density at radius 2 is 1.97 bits per heavy atom. The van der Waals surface area contributed by atoms with Gasteiger partial charge in [-0.1, -0.05) is 57.2 Å². The molecule has 1 aromatic heterocycles. The van der Waals surface area contributed by atoms with Crippen LogP contribution in [0.15, 0.2) is 30.3 Å². The molecule has 1 heterocycles. The number of nitrogens with one attached hydrogen (secondary N) is 1. The fourth-order valence-corrected chi connectivity index (χ4v) is 3.17. The molecule has 2 rings (SSSR count). The number of ether oxygens (including phenoxy) is 1. The third kappa shape index (κ3) is 7.27. The van der Waals surface area contributed by atoms with Crippen molar-refractivity contribution in [2.45, 2.75) is 20.3 Å². The van der Waals surface area contributed by atoms with Crippen LogP contribution in [0.25, 0.3) is 0 Å². The number of tetrazole rings is 1.